The lowest BCUT2D eigenvalue weighted by atomic mass is 9.84. The van der Waals surface area contributed by atoms with Crippen LogP contribution in [0, 0.1) is 11.3 Å². The third-order valence-electron chi connectivity index (χ3n) is 5.53. The highest BCUT2D eigenvalue weighted by Crippen LogP contribution is 2.40. The van der Waals surface area contributed by atoms with Crippen LogP contribution >= 0.6 is 0 Å². The molecule has 0 heterocycles. The van der Waals surface area contributed by atoms with E-state index in [1.807, 2.05) is 0 Å². The van der Waals surface area contributed by atoms with Crippen LogP contribution in [0.1, 0.15) is 79.1 Å². The molecule has 0 aromatic heterocycles. The Morgan fingerprint density at radius 1 is 1.00 bits per heavy atom. The Morgan fingerprint density at radius 3 is 2.14 bits per heavy atom. The third-order valence-corrected chi connectivity index (χ3v) is 5.53. The van der Waals surface area contributed by atoms with Gasteiger partial charge in [0.05, 0.1) is 0 Å². The minimum absolute atomic E-state index is 0.557. The molecule has 2 rings (SSSR count). The van der Waals surface area contributed by atoms with Gasteiger partial charge in [-0.2, -0.15) is 0 Å². The number of hydrogen-bond acceptors (Lipinski definition) is 2. The van der Waals surface area contributed by atoms with Gasteiger partial charge in [0.2, 0.25) is 0 Å². The second-order valence-corrected chi connectivity index (χ2v) is 8.50. The first-order valence-corrected chi connectivity index (χ1v) is 9.48. The van der Waals surface area contributed by atoms with Gasteiger partial charge < -0.3 is 5.32 Å². The molecule has 1 N–H and O–H groups in total. The van der Waals surface area contributed by atoms with Crippen LogP contribution in [0.25, 0.3) is 0 Å². The van der Waals surface area contributed by atoms with Crippen molar-refractivity contribution in [3.63, 3.8) is 0 Å². The molecule has 0 aliphatic heterocycles. The minimum Gasteiger partial charge on any atom is -0.314 e. The molecule has 0 aromatic carbocycles. The van der Waals surface area contributed by atoms with Crippen LogP contribution < -0.4 is 5.32 Å². The molecule has 0 atom stereocenters. The summed E-state index contributed by atoms with van der Waals surface area (Å²) < 4.78 is 0. The van der Waals surface area contributed by atoms with Gasteiger partial charge in [0, 0.05) is 31.7 Å². The van der Waals surface area contributed by atoms with Crippen molar-refractivity contribution in [2.75, 3.05) is 19.6 Å². The lowest BCUT2D eigenvalue weighted by Crippen LogP contribution is -2.48. The quantitative estimate of drug-likeness (QED) is 0.711. The Labute approximate surface area is 133 Å². The molecule has 0 unspecified atom stereocenters. The van der Waals surface area contributed by atoms with Gasteiger partial charge in [-0.25, -0.2) is 0 Å². The van der Waals surface area contributed by atoms with Gasteiger partial charge in [-0.1, -0.05) is 53.4 Å². The molecule has 2 fully saturated rings. The van der Waals surface area contributed by atoms with E-state index >= 15 is 0 Å². The van der Waals surface area contributed by atoms with Crippen LogP contribution in [0.5, 0.6) is 0 Å². The minimum atomic E-state index is 0.557. The third kappa shape index (κ3) is 5.25. The second-order valence-electron chi connectivity index (χ2n) is 8.50. The average Bonchev–Trinajstić information content (AvgIpc) is 3.07. The Balaban J connectivity index is 1.99. The van der Waals surface area contributed by atoms with Crippen molar-refractivity contribution in [3.05, 3.63) is 0 Å². The topological polar surface area (TPSA) is 15.3 Å². The zero-order valence-corrected chi connectivity index (χ0v) is 15.0. The normalized spacial score (nSPS) is 23.0. The van der Waals surface area contributed by atoms with Crippen LogP contribution in [-0.4, -0.2) is 36.6 Å². The van der Waals surface area contributed by atoms with Gasteiger partial charge in [0.15, 0.2) is 0 Å². The van der Waals surface area contributed by atoms with E-state index in [9.17, 15) is 0 Å². The monoisotopic (exact) mass is 294 g/mol. The summed E-state index contributed by atoms with van der Waals surface area (Å²) in [6, 6.07) is 1.50. The van der Waals surface area contributed by atoms with Crippen LogP contribution in [0.15, 0.2) is 0 Å². The van der Waals surface area contributed by atoms with E-state index in [-0.39, 0.29) is 0 Å². The number of nitrogens with zero attached hydrogens (tertiary/aromatic N) is 1. The van der Waals surface area contributed by atoms with Gasteiger partial charge in [0.1, 0.15) is 0 Å². The van der Waals surface area contributed by atoms with Gasteiger partial charge in [-0.15, -0.1) is 0 Å². The SMILES string of the molecule is CC(C)CN(CC1(CNC(C)C)CCCC1)C1CCCC1. The molecule has 0 saturated heterocycles. The summed E-state index contributed by atoms with van der Waals surface area (Å²) in [5, 5.41) is 3.75. The van der Waals surface area contributed by atoms with E-state index < -0.39 is 0 Å². The van der Waals surface area contributed by atoms with Crippen molar-refractivity contribution in [2.45, 2.75) is 91.1 Å². The molecule has 0 aromatic rings. The lowest BCUT2D eigenvalue weighted by molar-refractivity contribution is 0.0965. The summed E-state index contributed by atoms with van der Waals surface area (Å²) in [4.78, 5) is 2.88. The summed E-state index contributed by atoms with van der Waals surface area (Å²) in [7, 11) is 0. The molecule has 0 radical (unpaired) electrons. The van der Waals surface area contributed by atoms with Crippen molar-refractivity contribution in [1.82, 2.24) is 10.2 Å². The molecule has 0 spiro atoms. The van der Waals surface area contributed by atoms with Crippen LogP contribution in [0.3, 0.4) is 0 Å². The molecular formula is C19H38N2. The Hall–Kier alpha value is -0.0800. The summed E-state index contributed by atoms with van der Waals surface area (Å²) in [5.41, 5.74) is 0.557. The largest absolute Gasteiger partial charge is 0.314 e. The fourth-order valence-corrected chi connectivity index (χ4v) is 4.45. The Morgan fingerprint density at radius 2 is 1.62 bits per heavy atom. The van der Waals surface area contributed by atoms with Gasteiger partial charge in [-0.05, 0) is 37.0 Å². The summed E-state index contributed by atoms with van der Waals surface area (Å²) in [6.07, 6.45) is 11.6. The number of nitrogens with one attached hydrogen (secondary N) is 1. The number of rotatable bonds is 8. The fraction of sp³-hybridized carbons (Fsp3) is 1.00. The predicted molar refractivity (Wildman–Crippen MR) is 92.7 cm³/mol. The van der Waals surface area contributed by atoms with Crippen molar-refractivity contribution < 1.29 is 0 Å². The molecule has 2 saturated carbocycles. The molecule has 0 bridgehead atoms. The Bertz CT molecular complexity index is 286. The van der Waals surface area contributed by atoms with E-state index in [0.717, 1.165) is 12.0 Å². The molecule has 21 heavy (non-hydrogen) atoms. The summed E-state index contributed by atoms with van der Waals surface area (Å²) >= 11 is 0. The highest BCUT2D eigenvalue weighted by atomic mass is 15.2. The molecule has 2 aliphatic carbocycles. The standard InChI is InChI=1S/C19H38N2/c1-16(2)13-21(18-9-5-6-10-18)15-19(11-7-8-12-19)14-20-17(3)4/h16-18,20H,5-15H2,1-4H3. The summed E-state index contributed by atoms with van der Waals surface area (Å²) in [6.45, 7) is 13.2. The predicted octanol–water partition coefficient (Wildman–Crippen LogP) is 4.45. The first-order valence-electron chi connectivity index (χ1n) is 9.48. The summed E-state index contributed by atoms with van der Waals surface area (Å²) in [5.74, 6) is 0.794. The van der Waals surface area contributed by atoms with Gasteiger partial charge >= 0.3 is 0 Å². The first-order chi connectivity index (χ1) is 10.0. The van der Waals surface area contributed by atoms with Crippen molar-refractivity contribution in [2.24, 2.45) is 11.3 Å². The maximum absolute atomic E-state index is 3.75. The zero-order chi connectivity index (χ0) is 15.3. The first kappa shape index (κ1) is 17.3. The fourth-order valence-electron chi connectivity index (χ4n) is 4.45. The Kier molecular flexibility index (Phi) is 6.55. The van der Waals surface area contributed by atoms with Gasteiger partial charge in [0.25, 0.3) is 0 Å². The molecule has 0 amide bonds. The maximum Gasteiger partial charge on any atom is 0.00956 e. The zero-order valence-electron chi connectivity index (χ0n) is 15.0. The van der Waals surface area contributed by atoms with E-state index in [4.69, 9.17) is 0 Å². The van der Waals surface area contributed by atoms with Crippen LogP contribution in [0.2, 0.25) is 0 Å². The maximum atomic E-state index is 3.75. The molecular weight excluding hydrogens is 256 g/mol. The smallest absolute Gasteiger partial charge is 0.00956 e. The second kappa shape index (κ2) is 7.97. The van der Waals surface area contributed by atoms with Gasteiger partial charge in [-0.3, -0.25) is 4.90 Å². The van der Waals surface area contributed by atoms with Crippen LogP contribution in [-0.2, 0) is 0 Å². The molecule has 124 valence electrons. The lowest BCUT2D eigenvalue weighted by Gasteiger charge is -2.40. The molecule has 2 nitrogen and oxygen atoms in total. The van der Waals surface area contributed by atoms with Crippen LogP contribution in [0.4, 0.5) is 0 Å². The van der Waals surface area contributed by atoms with E-state index in [1.165, 1.54) is 71.0 Å². The highest BCUT2D eigenvalue weighted by Gasteiger charge is 2.37. The van der Waals surface area contributed by atoms with E-state index in [2.05, 4.69) is 37.9 Å². The van der Waals surface area contributed by atoms with Crippen molar-refractivity contribution in [1.29, 1.82) is 0 Å². The van der Waals surface area contributed by atoms with Crippen molar-refractivity contribution >= 4 is 0 Å². The number of hydrogen-bond donors (Lipinski definition) is 1. The van der Waals surface area contributed by atoms with E-state index in [0.29, 0.717) is 11.5 Å². The molecule has 2 heteroatoms. The average molecular weight is 295 g/mol. The molecule has 2 aliphatic rings. The highest BCUT2D eigenvalue weighted by molar-refractivity contribution is 4.92. The van der Waals surface area contributed by atoms with E-state index in [1.54, 1.807) is 0 Å². The van der Waals surface area contributed by atoms with Crippen molar-refractivity contribution in [3.8, 4) is 0 Å².